The molecule has 2 aromatic heterocycles. The fraction of sp³-hybridized carbons (Fsp3) is 0.222. The van der Waals surface area contributed by atoms with Gasteiger partial charge in [0.05, 0.1) is 4.88 Å². The molecule has 2 rings (SSSR count). The van der Waals surface area contributed by atoms with Gasteiger partial charge in [0.15, 0.2) is 0 Å². The molecule has 0 unspecified atom stereocenters. The molecule has 12 heavy (non-hydrogen) atoms. The zero-order valence-corrected chi connectivity index (χ0v) is 8.63. The van der Waals surface area contributed by atoms with Crippen LogP contribution in [0, 0.1) is 13.8 Å². The first-order valence-corrected chi connectivity index (χ1v) is 5.50. The summed E-state index contributed by atoms with van der Waals surface area (Å²) in [6.07, 6.45) is 0. The monoisotopic (exact) mass is 195 g/mol. The molecule has 0 radical (unpaired) electrons. The summed E-state index contributed by atoms with van der Waals surface area (Å²) in [5.74, 6) is 0. The normalized spacial score (nSPS) is 10.5. The van der Waals surface area contributed by atoms with Crippen molar-refractivity contribution in [2.45, 2.75) is 13.8 Å². The van der Waals surface area contributed by atoms with Crippen LogP contribution in [0.4, 0.5) is 0 Å². The Morgan fingerprint density at radius 3 is 2.58 bits per heavy atom. The van der Waals surface area contributed by atoms with E-state index in [4.69, 9.17) is 0 Å². The SMILES string of the molecule is Cc1csc(-c2sccc2C)n1. The molecule has 2 heterocycles. The first-order valence-electron chi connectivity index (χ1n) is 3.74. The van der Waals surface area contributed by atoms with E-state index in [-0.39, 0.29) is 0 Å². The van der Waals surface area contributed by atoms with Crippen molar-refractivity contribution in [1.82, 2.24) is 4.98 Å². The summed E-state index contributed by atoms with van der Waals surface area (Å²) in [6.45, 7) is 4.16. The van der Waals surface area contributed by atoms with E-state index in [1.54, 1.807) is 22.7 Å². The van der Waals surface area contributed by atoms with E-state index in [1.165, 1.54) is 10.4 Å². The van der Waals surface area contributed by atoms with Crippen molar-refractivity contribution in [3.05, 3.63) is 28.1 Å². The van der Waals surface area contributed by atoms with Gasteiger partial charge in [0.1, 0.15) is 5.01 Å². The van der Waals surface area contributed by atoms with Crippen LogP contribution in [0.3, 0.4) is 0 Å². The Balaban J connectivity index is 2.50. The minimum atomic E-state index is 1.11. The fourth-order valence-corrected chi connectivity index (χ4v) is 2.95. The molecule has 0 spiro atoms. The standard InChI is InChI=1S/C9H9NS2/c1-6-3-4-11-8(6)9-10-7(2)5-12-9/h3-5H,1-2H3. The lowest BCUT2D eigenvalue weighted by molar-refractivity contribution is 1.27. The van der Waals surface area contributed by atoms with Crippen molar-refractivity contribution in [2.75, 3.05) is 0 Å². The van der Waals surface area contributed by atoms with Crippen molar-refractivity contribution in [1.29, 1.82) is 0 Å². The Morgan fingerprint density at radius 1 is 1.25 bits per heavy atom. The maximum atomic E-state index is 4.44. The summed E-state index contributed by atoms with van der Waals surface area (Å²) in [5, 5.41) is 5.36. The van der Waals surface area contributed by atoms with Gasteiger partial charge in [0, 0.05) is 11.1 Å². The predicted molar refractivity (Wildman–Crippen MR) is 54.9 cm³/mol. The second kappa shape index (κ2) is 2.99. The average molecular weight is 195 g/mol. The Hall–Kier alpha value is -0.670. The first kappa shape index (κ1) is 7.95. The second-order valence-electron chi connectivity index (χ2n) is 2.73. The van der Waals surface area contributed by atoms with Crippen LogP contribution in [0.5, 0.6) is 0 Å². The number of hydrogen-bond donors (Lipinski definition) is 0. The molecule has 0 saturated carbocycles. The third kappa shape index (κ3) is 1.30. The zero-order valence-electron chi connectivity index (χ0n) is 7.00. The quantitative estimate of drug-likeness (QED) is 0.678. The minimum absolute atomic E-state index is 1.11. The molecule has 0 aliphatic rings. The van der Waals surface area contributed by atoms with E-state index in [1.807, 2.05) is 6.92 Å². The third-order valence-corrected chi connectivity index (χ3v) is 3.81. The molecule has 62 valence electrons. The molecule has 1 nitrogen and oxygen atoms in total. The lowest BCUT2D eigenvalue weighted by Crippen LogP contribution is -1.74. The van der Waals surface area contributed by atoms with E-state index in [0.717, 1.165) is 10.7 Å². The smallest absolute Gasteiger partial charge is 0.133 e. The molecule has 0 N–H and O–H groups in total. The Labute approximate surface area is 79.7 Å². The summed E-state index contributed by atoms with van der Waals surface area (Å²) < 4.78 is 0. The number of rotatable bonds is 1. The van der Waals surface area contributed by atoms with Crippen molar-refractivity contribution in [3.63, 3.8) is 0 Å². The van der Waals surface area contributed by atoms with Crippen LogP contribution in [0.15, 0.2) is 16.8 Å². The molecule has 0 bridgehead atoms. The maximum absolute atomic E-state index is 4.44. The minimum Gasteiger partial charge on any atom is -0.241 e. The molecule has 0 aliphatic carbocycles. The molecule has 0 amide bonds. The van der Waals surface area contributed by atoms with Crippen LogP contribution in [0.25, 0.3) is 9.88 Å². The van der Waals surface area contributed by atoms with Gasteiger partial charge in [-0.15, -0.1) is 22.7 Å². The fourth-order valence-electron chi connectivity index (χ4n) is 1.05. The summed E-state index contributed by atoms with van der Waals surface area (Å²) in [7, 11) is 0. The van der Waals surface area contributed by atoms with Crippen LogP contribution >= 0.6 is 22.7 Å². The number of nitrogens with zero attached hydrogens (tertiary/aromatic N) is 1. The van der Waals surface area contributed by atoms with Gasteiger partial charge < -0.3 is 0 Å². The van der Waals surface area contributed by atoms with Crippen LogP contribution in [0.2, 0.25) is 0 Å². The van der Waals surface area contributed by atoms with Crippen molar-refractivity contribution in [3.8, 4) is 9.88 Å². The zero-order chi connectivity index (χ0) is 8.55. The largest absolute Gasteiger partial charge is 0.241 e. The average Bonchev–Trinajstić information content (AvgIpc) is 2.58. The summed E-state index contributed by atoms with van der Waals surface area (Å²) >= 11 is 3.48. The Morgan fingerprint density at radius 2 is 2.08 bits per heavy atom. The van der Waals surface area contributed by atoms with Gasteiger partial charge in [0.25, 0.3) is 0 Å². The van der Waals surface area contributed by atoms with Crippen LogP contribution in [-0.4, -0.2) is 4.98 Å². The maximum Gasteiger partial charge on any atom is 0.133 e. The molecule has 0 fully saturated rings. The summed E-state index contributed by atoms with van der Waals surface area (Å²) in [5.41, 5.74) is 2.44. The molecule has 2 aromatic rings. The summed E-state index contributed by atoms with van der Waals surface area (Å²) in [4.78, 5) is 5.76. The van der Waals surface area contributed by atoms with E-state index >= 15 is 0 Å². The van der Waals surface area contributed by atoms with Gasteiger partial charge in [-0.1, -0.05) is 0 Å². The van der Waals surface area contributed by atoms with Crippen LogP contribution in [-0.2, 0) is 0 Å². The molecular weight excluding hydrogens is 186 g/mol. The molecule has 0 aliphatic heterocycles. The van der Waals surface area contributed by atoms with Crippen molar-refractivity contribution >= 4 is 22.7 Å². The van der Waals surface area contributed by atoms with Gasteiger partial charge in [-0.2, -0.15) is 0 Å². The van der Waals surface area contributed by atoms with Gasteiger partial charge in [-0.25, -0.2) is 4.98 Å². The Kier molecular flexibility index (Phi) is 1.98. The van der Waals surface area contributed by atoms with E-state index in [2.05, 4.69) is 28.7 Å². The molecule has 0 saturated heterocycles. The highest BCUT2D eigenvalue weighted by atomic mass is 32.1. The number of thiazole rings is 1. The van der Waals surface area contributed by atoms with Crippen LogP contribution in [0.1, 0.15) is 11.3 Å². The highest BCUT2D eigenvalue weighted by Crippen LogP contribution is 2.31. The predicted octanol–water partition coefficient (Wildman–Crippen LogP) is 3.49. The number of hydrogen-bond acceptors (Lipinski definition) is 3. The first-order chi connectivity index (χ1) is 5.77. The number of aryl methyl sites for hydroxylation is 2. The van der Waals surface area contributed by atoms with E-state index in [0.29, 0.717) is 0 Å². The lowest BCUT2D eigenvalue weighted by Gasteiger charge is -1.90. The number of aromatic nitrogens is 1. The van der Waals surface area contributed by atoms with Crippen molar-refractivity contribution in [2.24, 2.45) is 0 Å². The van der Waals surface area contributed by atoms with Gasteiger partial charge in [0.2, 0.25) is 0 Å². The topological polar surface area (TPSA) is 12.9 Å². The van der Waals surface area contributed by atoms with E-state index < -0.39 is 0 Å². The highest BCUT2D eigenvalue weighted by molar-refractivity contribution is 7.20. The highest BCUT2D eigenvalue weighted by Gasteiger charge is 2.05. The number of thiophene rings is 1. The van der Waals surface area contributed by atoms with Crippen LogP contribution < -0.4 is 0 Å². The molecular formula is C9H9NS2. The molecule has 0 aromatic carbocycles. The summed E-state index contributed by atoms with van der Waals surface area (Å²) in [6, 6.07) is 2.14. The lowest BCUT2D eigenvalue weighted by atomic mass is 10.3. The van der Waals surface area contributed by atoms with Crippen molar-refractivity contribution < 1.29 is 0 Å². The van der Waals surface area contributed by atoms with Gasteiger partial charge >= 0.3 is 0 Å². The molecule has 0 atom stereocenters. The Bertz CT molecular complexity index is 387. The molecule has 3 heteroatoms. The van der Waals surface area contributed by atoms with E-state index in [9.17, 15) is 0 Å². The van der Waals surface area contributed by atoms with Gasteiger partial charge in [-0.05, 0) is 30.9 Å². The van der Waals surface area contributed by atoms with Gasteiger partial charge in [-0.3, -0.25) is 0 Å². The third-order valence-electron chi connectivity index (χ3n) is 1.68. The second-order valence-corrected chi connectivity index (χ2v) is 4.50.